The van der Waals surface area contributed by atoms with Gasteiger partial charge in [-0.2, -0.15) is 0 Å². The summed E-state index contributed by atoms with van der Waals surface area (Å²) in [6.07, 6.45) is 0. The number of anilines is 2. The van der Waals surface area contributed by atoms with Gasteiger partial charge in [0.05, 0.1) is 17.8 Å². The fraction of sp³-hybridized carbons (Fsp3) is 0.643. The second kappa shape index (κ2) is 7.50. The lowest BCUT2D eigenvalue weighted by Gasteiger charge is -2.30. The number of carbonyl (C=O) groups is 1. The zero-order chi connectivity index (χ0) is 15.3. The van der Waals surface area contributed by atoms with Crippen molar-refractivity contribution in [3.05, 3.63) is 10.9 Å². The summed E-state index contributed by atoms with van der Waals surface area (Å²) in [4.78, 5) is 14.3. The summed E-state index contributed by atoms with van der Waals surface area (Å²) in [5, 5.41) is 4.21. The lowest BCUT2D eigenvalue weighted by atomic mass is 10.2. The summed E-state index contributed by atoms with van der Waals surface area (Å²) < 4.78 is 4.69. The number of ether oxygens (including phenoxy) is 1. The molecule has 0 radical (unpaired) electrons. The highest BCUT2D eigenvalue weighted by Gasteiger charge is 2.16. The van der Waals surface area contributed by atoms with Gasteiger partial charge in [-0.25, -0.2) is 4.79 Å². The number of hydrogen-bond acceptors (Lipinski definition) is 6. The topological polar surface area (TPSA) is 67.6 Å². The van der Waals surface area contributed by atoms with Crippen LogP contribution >= 0.6 is 11.3 Å². The largest absolute Gasteiger partial charge is 0.465 e. The molecule has 3 N–H and O–H groups in total. The van der Waals surface area contributed by atoms with E-state index in [0.29, 0.717) is 22.6 Å². The highest BCUT2D eigenvalue weighted by atomic mass is 32.1. The molecular weight excluding hydrogens is 274 g/mol. The van der Waals surface area contributed by atoms with E-state index in [2.05, 4.69) is 37.9 Å². The summed E-state index contributed by atoms with van der Waals surface area (Å²) in [7, 11) is 1.36. The SMILES string of the molecule is COC(=O)c1sc(NCCN(C(C)C)C(C)C)cc1N. The Kier molecular flexibility index (Phi) is 6.29. The van der Waals surface area contributed by atoms with Gasteiger partial charge in [0, 0.05) is 25.2 Å². The molecule has 6 heteroatoms. The second-order valence-corrected chi connectivity index (χ2v) is 6.29. The standard InChI is InChI=1S/C14H25N3O2S/c1-9(2)17(10(3)4)7-6-16-12-8-11(15)13(20-12)14(18)19-5/h8-10,16H,6-7,15H2,1-5H3. The van der Waals surface area contributed by atoms with Crippen molar-refractivity contribution in [2.75, 3.05) is 31.2 Å². The zero-order valence-corrected chi connectivity index (χ0v) is 13.7. The maximum atomic E-state index is 11.5. The molecule has 0 atom stereocenters. The van der Waals surface area contributed by atoms with Gasteiger partial charge in [0.15, 0.2) is 0 Å². The van der Waals surface area contributed by atoms with Crippen LogP contribution in [-0.4, -0.2) is 43.2 Å². The predicted molar refractivity (Wildman–Crippen MR) is 85.5 cm³/mol. The van der Waals surface area contributed by atoms with E-state index in [9.17, 15) is 4.79 Å². The molecule has 0 saturated heterocycles. The van der Waals surface area contributed by atoms with Crippen molar-refractivity contribution in [3.63, 3.8) is 0 Å². The Morgan fingerprint density at radius 2 is 2.00 bits per heavy atom. The molecule has 0 spiro atoms. The molecule has 20 heavy (non-hydrogen) atoms. The van der Waals surface area contributed by atoms with E-state index in [4.69, 9.17) is 10.5 Å². The minimum absolute atomic E-state index is 0.383. The highest BCUT2D eigenvalue weighted by molar-refractivity contribution is 7.18. The molecule has 1 rings (SSSR count). The van der Waals surface area contributed by atoms with Crippen LogP contribution in [0.5, 0.6) is 0 Å². The first-order valence-electron chi connectivity index (χ1n) is 6.84. The molecule has 0 bridgehead atoms. The molecule has 0 unspecified atom stereocenters. The molecular formula is C14H25N3O2S. The van der Waals surface area contributed by atoms with E-state index < -0.39 is 0 Å². The Hall–Kier alpha value is -1.27. The Labute approximate surface area is 125 Å². The molecule has 1 aromatic heterocycles. The second-order valence-electron chi connectivity index (χ2n) is 5.24. The summed E-state index contributed by atoms with van der Waals surface area (Å²) in [5.41, 5.74) is 6.27. The number of nitrogens with zero attached hydrogens (tertiary/aromatic N) is 1. The fourth-order valence-electron chi connectivity index (χ4n) is 2.17. The summed E-state index contributed by atoms with van der Waals surface area (Å²) >= 11 is 1.33. The lowest BCUT2D eigenvalue weighted by molar-refractivity contribution is 0.0607. The third-order valence-corrected chi connectivity index (χ3v) is 4.22. The van der Waals surface area contributed by atoms with E-state index in [1.165, 1.54) is 18.4 Å². The summed E-state index contributed by atoms with van der Waals surface area (Å²) in [6.45, 7) is 10.5. The Bertz CT molecular complexity index is 436. The third-order valence-electron chi connectivity index (χ3n) is 3.13. The van der Waals surface area contributed by atoms with Crippen LogP contribution in [0.4, 0.5) is 10.7 Å². The number of hydrogen-bond donors (Lipinski definition) is 2. The van der Waals surface area contributed by atoms with Crippen LogP contribution in [0.15, 0.2) is 6.07 Å². The summed E-state index contributed by atoms with van der Waals surface area (Å²) in [6, 6.07) is 2.80. The number of methoxy groups -OCH3 is 1. The quantitative estimate of drug-likeness (QED) is 0.758. The molecule has 0 aliphatic rings. The number of thiophene rings is 1. The van der Waals surface area contributed by atoms with Gasteiger partial charge in [-0.3, -0.25) is 4.90 Å². The van der Waals surface area contributed by atoms with Gasteiger partial charge in [0.2, 0.25) is 0 Å². The van der Waals surface area contributed by atoms with Crippen molar-refractivity contribution in [3.8, 4) is 0 Å². The average Bonchev–Trinajstić information content (AvgIpc) is 2.74. The maximum absolute atomic E-state index is 11.5. The van der Waals surface area contributed by atoms with Crippen LogP contribution < -0.4 is 11.1 Å². The van der Waals surface area contributed by atoms with E-state index >= 15 is 0 Å². The smallest absolute Gasteiger partial charge is 0.350 e. The van der Waals surface area contributed by atoms with E-state index in [0.717, 1.165) is 18.1 Å². The summed E-state index contributed by atoms with van der Waals surface area (Å²) in [5.74, 6) is -0.383. The van der Waals surface area contributed by atoms with E-state index in [1.54, 1.807) is 6.07 Å². The third kappa shape index (κ3) is 4.38. The molecule has 0 aliphatic carbocycles. The molecule has 0 saturated carbocycles. The minimum Gasteiger partial charge on any atom is -0.465 e. The van der Waals surface area contributed by atoms with Crippen molar-refractivity contribution in [2.45, 2.75) is 39.8 Å². The number of nitrogens with one attached hydrogen (secondary N) is 1. The number of rotatable bonds is 7. The van der Waals surface area contributed by atoms with Gasteiger partial charge in [0.1, 0.15) is 4.88 Å². The van der Waals surface area contributed by atoms with Gasteiger partial charge in [-0.1, -0.05) is 0 Å². The fourth-order valence-corrected chi connectivity index (χ4v) is 3.09. The monoisotopic (exact) mass is 299 g/mol. The molecule has 0 aliphatic heterocycles. The molecule has 5 nitrogen and oxygen atoms in total. The van der Waals surface area contributed by atoms with Gasteiger partial charge in [-0.15, -0.1) is 11.3 Å². The van der Waals surface area contributed by atoms with Gasteiger partial charge < -0.3 is 15.8 Å². The predicted octanol–water partition coefficient (Wildman–Crippen LogP) is 2.65. The van der Waals surface area contributed by atoms with Crippen LogP contribution in [0, 0.1) is 0 Å². The molecule has 0 amide bonds. The zero-order valence-electron chi connectivity index (χ0n) is 12.9. The Balaban J connectivity index is 2.56. The number of esters is 1. The van der Waals surface area contributed by atoms with Crippen molar-refractivity contribution < 1.29 is 9.53 Å². The number of nitrogen functional groups attached to an aromatic ring is 1. The highest BCUT2D eigenvalue weighted by Crippen LogP contribution is 2.29. The lowest BCUT2D eigenvalue weighted by Crippen LogP contribution is -2.40. The van der Waals surface area contributed by atoms with Crippen LogP contribution in [0.2, 0.25) is 0 Å². The maximum Gasteiger partial charge on any atom is 0.350 e. The molecule has 114 valence electrons. The van der Waals surface area contributed by atoms with Crippen LogP contribution in [-0.2, 0) is 4.74 Å². The van der Waals surface area contributed by atoms with Gasteiger partial charge in [-0.05, 0) is 33.8 Å². The van der Waals surface area contributed by atoms with Crippen LogP contribution in [0.1, 0.15) is 37.4 Å². The Morgan fingerprint density at radius 3 is 2.50 bits per heavy atom. The molecule has 0 fully saturated rings. The molecule has 1 aromatic rings. The van der Waals surface area contributed by atoms with E-state index in [1.807, 2.05) is 0 Å². The van der Waals surface area contributed by atoms with Crippen LogP contribution in [0.25, 0.3) is 0 Å². The first-order valence-corrected chi connectivity index (χ1v) is 7.65. The number of carbonyl (C=O) groups excluding carboxylic acids is 1. The number of nitrogens with two attached hydrogens (primary N) is 1. The normalized spacial score (nSPS) is 11.4. The molecule has 1 heterocycles. The molecule has 0 aromatic carbocycles. The van der Waals surface area contributed by atoms with Crippen molar-refractivity contribution >= 4 is 28.0 Å². The van der Waals surface area contributed by atoms with Crippen LogP contribution in [0.3, 0.4) is 0 Å². The average molecular weight is 299 g/mol. The first kappa shape index (κ1) is 16.8. The van der Waals surface area contributed by atoms with Gasteiger partial charge >= 0.3 is 5.97 Å². The van der Waals surface area contributed by atoms with Crippen molar-refractivity contribution in [1.29, 1.82) is 0 Å². The van der Waals surface area contributed by atoms with Crippen molar-refractivity contribution in [1.82, 2.24) is 4.90 Å². The minimum atomic E-state index is -0.383. The van der Waals surface area contributed by atoms with Gasteiger partial charge in [0.25, 0.3) is 0 Å². The Morgan fingerprint density at radius 1 is 1.40 bits per heavy atom. The first-order chi connectivity index (χ1) is 9.36. The van der Waals surface area contributed by atoms with Crippen molar-refractivity contribution in [2.24, 2.45) is 0 Å². The van der Waals surface area contributed by atoms with E-state index in [-0.39, 0.29) is 5.97 Å².